The van der Waals surface area contributed by atoms with E-state index in [-0.39, 0.29) is 11.5 Å². The smallest absolute Gasteiger partial charge is 0.200 e. The highest BCUT2D eigenvalue weighted by molar-refractivity contribution is 9.10. The van der Waals surface area contributed by atoms with Crippen molar-refractivity contribution in [2.75, 3.05) is 5.75 Å². The molecule has 0 spiro atoms. The molecule has 0 N–H and O–H groups in total. The second-order valence-corrected chi connectivity index (χ2v) is 5.52. The summed E-state index contributed by atoms with van der Waals surface area (Å²) in [5.74, 6) is 0.704. The first-order valence-corrected chi connectivity index (χ1v) is 5.98. The molecule has 1 aromatic rings. The van der Waals surface area contributed by atoms with E-state index in [1.807, 2.05) is 0 Å². The molecular formula is C5H6BrN3O2S. The summed E-state index contributed by atoms with van der Waals surface area (Å²) in [5, 5.41) is 7.47. The molecule has 1 aromatic heterocycles. The number of fused-ring (bicyclic) bond motifs is 1. The highest BCUT2D eigenvalue weighted by Gasteiger charge is 2.24. The molecule has 0 unspecified atom stereocenters. The van der Waals surface area contributed by atoms with Gasteiger partial charge in [-0.15, -0.1) is 10.2 Å². The topological polar surface area (TPSA) is 64.8 Å². The fourth-order valence-electron chi connectivity index (χ4n) is 1.14. The van der Waals surface area contributed by atoms with Gasteiger partial charge in [0.2, 0.25) is 0 Å². The molecule has 12 heavy (non-hydrogen) atoms. The summed E-state index contributed by atoms with van der Waals surface area (Å²) in [7, 11) is -2.93. The third-order valence-corrected chi connectivity index (χ3v) is 3.85. The van der Waals surface area contributed by atoms with Gasteiger partial charge in [0.25, 0.3) is 0 Å². The van der Waals surface area contributed by atoms with Gasteiger partial charge in [0, 0.05) is 6.54 Å². The van der Waals surface area contributed by atoms with E-state index in [4.69, 9.17) is 0 Å². The van der Waals surface area contributed by atoms with Crippen LogP contribution in [0.1, 0.15) is 5.82 Å². The lowest BCUT2D eigenvalue weighted by atomic mass is 10.6. The summed E-state index contributed by atoms with van der Waals surface area (Å²) in [6.45, 7) is 0.450. The highest BCUT2D eigenvalue weighted by Crippen LogP contribution is 2.16. The quantitative estimate of drug-likeness (QED) is 0.650. The second kappa shape index (κ2) is 2.53. The Morgan fingerprint density at radius 3 is 2.92 bits per heavy atom. The number of nitrogens with zero attached hydrogens (tertiary/aromatic N) is 3. The van der Waals surface area contributed by atoms with Crippen molar-refractivity contribution < 1.29 is 8.42 Å². The average Bonchev–Trinajstić information content (AvgIpc) is 2.30. The van der Waals surface area contributed by atoms with Gasteiger partial charge in [-0.1, -0.05) is 0 Å². The molecule has 0 fully saturated rings. The summed E-state index contributed by atoms with van der Waals surface area (Å²) in [6, 6.07) is 0. The largest absolute Gasteiger partial charge is 0.304 e. The first kappa shape index (κ1) is 8.18. The van der Waals surface area contributed by atoms with Gasteiger partial charge in [0.15, 0.2) is 14.6 Å². The Bertz CT molecular complexity index is 410. The fraction of sp³-hybridized carbons (Fsp3) is 0.600. The Morgan fingerprint density at radius 2 is 2.17 bits per heavy atom. The van der Waals surface area contributed by atoms with E-state index < -0.39 is 9.84 Å². The number of aromatic nitrogens is 3. The van der Waals surface area contributed by atoms with Crippen molar-refractivity contribution >= 4 is 25.8 Å². The maximum Gasteiger partial charge on any atom is 0.200 e. The molecule has 0 aliphatic carbocycles. The van der Waals surface area contributed by atoms with Crippen molar-refractivity contribution in [1.82, 2.24) is 14.8 Å². The average molecular weight is 252 g/mol. The van der Waals surface area contributed by atoms with Gasteiger partial charge in [-0.05, 0) is 15.9 Å². The zero-order chi connectivity index (χ0) is 8.77. The summed E-state index contributed by atoms with van der Waals surface area (Å²) in [5.41, 5.74) is 0. The van der Waals surface area contributed by atoms with Crippen LogP contribution in [0.2, 0.25) is 0 Å². The molecule has 66 valence electrons. The van der Waals surface area contributed by atoms with Crippen molar-refractivity contribution in [3.63, 3.8) is 0 Å². The van der Waals surface area contributed by atoms with E-state index in [1.165, 1.54) is 0 Å². The normalized spacial score (nSPS) is 20.4. The first-order chi connectivity index (χ1) is 5.58. The van der Waals surface area contributed by atoms with Crippen molar-refractivity contribution in [2.45, 2.75) is 12.3 Å². The molecule has 2 rings (SSSR count). The SMILES string of the molecule is O=S1(=O)CCn2c(Br)nnc2C1. The predicted octanol–water partition coefficient (Wildman–Crippen LogP) is -0.0310. The minimum atomic E-state index is -2.93. The molecule has 5 nitrogen and oxygen atoms in total. The maximum absolute atomic E-state index is 11.1. The Labute approximate surface area is 77.8 Å². The molecule has 2 heterocycles. The third-order valence-electron chi connectivity index (χ3n) is 1.76. The number of rotatable bonds is 0. The standard InChI is InChI=1S/C5H6BrN3O2S/c6-5-8-7-4-3-12(10,11)2-1-9(4)5/h1-3H2. The van der Waals surface area contributed by atoms with Crippen molar-refractivity contribution in [3.8, 4) is 0 Å². The van der Waals surface area contributed by atoms with Crippen LogP contribution in [-0.2, 0) is 22.1 Å². The molecule has 0 atom stereocenters. The van der Waals surface area contributed by atoms with Crippen LogP contribution in [-0.4, -0.2) is 28.9 Å². The van der Waals surface area contributed by atoms with Crippen LogP contribution in [0.3, 0.4) is 0 Å². The van der Waals surface area contributed by atoms with E-state index in [1.54, 1.807) is 4.57 Å². The Kier molecular flexibility index (Phi) is 1.72. The van der Waals surface area contributed by atoms with Gasteiger partial charge in [0.05, 0.1) is 5.75 Å². The number of sulfone groups is 1. The number of halogens is 1. The molecule has 0 bridgehead atoms. The minimum Gasteiger partial charge on any atom is -0.304 e. The summed E-state index contributed by atoms with van der Waals surface area (Å²) >= 11 is 3.18. The van der Waals surface area contributed by atoms with Gasteiger partial charge < -0.3 is 4.57 Å². The zero-order valence-electron chi connectivity index (χ0n) is 6.07. The van der Waals surface area contributed by atoms with Crippen LogP contribution in [0, 0.1) is 0 Å². The summed E-state index contributed by atoms with van der Waals surface area (Å²) < 4.78 is 24.6. The lowest BCUT2D eigenvalue weighted by molar-refractivity contribution is 0.569. The van der Waals surface area contributed by atoms with Gasteiger partial charge in [-0.25, -0.2) is 8.42 Å². The molecule has 0 aromatic carbocycles. The van der Waals surface area contributed by atoms with Gasteiger partial charge in [-0.2, -0.15) is 0 Å². The van der Waals surface area contributed by atoms with Gasteiger partial charge >= 0.3 is 0 Å². The molecule has 0 amide bonds. The van der Waals surface area contributed by atoms with Crippen LogP contribution in [0.25, 0.3) is 0 Å². The minimum absolute atomic E-state index is 0.00556. The summed E-state index contributed by atoms with van der Waals surface area (Å²) in [4.78, 5) is 0. The van der Waals surface area contributed by atoms with E-state index in [9.17, 15) is 8.42 Å². The number of hydrogen-bond acceptors (Lipinski definition) is 4. The van der Waals surface area contributed by atoms with Crippen LogP contribution in [0.4, 0.5) is 0 Å². The van der Waals surface area contributed by atoms with E-state index in [0.717, 1.165) is 0 Å². The fourth-order valence-corrected chi connectivity index (χ4v) is 2.81. The molecular weight excluding hydrogens is 246 g/mol. The first-order valence-electron chi connectivity index (χ1n) is 3.36. The van der Waals surface area contributed by atoms with Crippen molar-refractivity contribution in [3.05, 3.63) is 10.6 Å². The molecule has 1 aliphatic heterocycles. The Balaban J connectivity index is 2.50. The second-order valence-electron chi connectivity index (χ2n) is 2.63. The maximum atomic E-state index is 11.1. The molecule has 1 aliphatic rings. The van der Waals surface area contributed by atoms with Crippen LogP contribution in [0.5, 0.6) is 0 Å². The van der Waals surface area contributed by atoms with Gasteiger partial charge in [-0.3, -0.25) is 0 Å². The molecule has 7 heteroatoms. The van der Waals surface area contributed by atoms with Gasteiger partial charge in [0.1, 0.15) is 11.6 Å². The lowest BCUT2D eigenvalue weighted by Crippen LogP contribution is -2.24. The monoisotopic (exact) mass is 251 g/mol. The van der Waals surface area contributed by atoms with E-state index in [2.05, 4.69) is 26.1 Å². The van der Waals surface area contributed by atoms with Crippen LogP contribution >= 0.6 is 15.9 Å². The molecule has 0 saturated carbocycles. The lowest BCUT2D eigenvalue weighted by Gasteiger charge is -2.13. The van der Waals surface area contributed by atoms with E-state index >= 15 is 0 Å². The molecule has 0 saturated heterocycles. The van der Waals surface area contributed by atoms with E-state index in [0.29, 0.717) is 17.1 Å². The third kappa shape index (κ3) is 1.27. The molecule has 0 radical (unpaired) electrons. The van der Waals surface area contributed by atoms with Crippen LogP contribution < -0.4 is 0 Å². The highest BCUT2D eigenvalue weighted by atomic mass is 79.9. The Morgan fingerprint density at radius 1 is 1.42 bits per heavy atom. The zero-order valence-corrected chi connectivity index (χ0v) is 8.47. The Hall–Kier alpha value is -0.430. The summed E-state index contributed by atoms with van der Waals surface area (Å²) in [6.07, 6.45) is 0. The van der Waals surface area contributed by atoms with Crippen LogP contribution in [0.15, 0.2) is 4.73 Å². The predicted molar refractivity (Wildman–Crippen MR) is 45.2 cm³/mol. The number of hydrogen-bond donors (Lipinski definition) is 0. The van der Waals surface area contributed by atoms with Crippen molar-refractivity contribution in [2.24, 2.45) is 0 Å². The van der Waals surface area contributed by atoms with Crippen molar-refractivity contribution in [1.29, 1.82) is 0 Å².